The summed E-state index contributed by atoms with van der Waals surface area (Å²) in [4.78, 5) is 10.6. The summed E-state index contributed by atoms with van der Waals surface area (Å²) in [7, 11) is 0. The van der Waals surface area contributed by atoms with E-state index in [0.29, 0.717) is 6.61 Å². The minimum Gasteiger partial charge on any atom is -0.466 e. The fraction of sp³-hybridized carbons (Fsp3) is 0.857. The van der Waals surface area contributed by atoms with Crippen molar-refractivity contribution in [3.05, 3.63) is 12.7 Å². The van der Waals surface area contributed by atoms with Crippen LogP contribution in [0.3, 0.4) is 0 Å². The molecular weight excluding hydrogens is 284 g/mol. The second kappa shape index (κ2) is 19.3. The number of carbonyl (C=O) groups excluding carboxylic acids is 1. The zero-order chi connectivity index (χ0) is 17.0. The summed E-state index contributed by atoms with van der Waals surface area (Å²) in [6.07, 6.45) is 23.5. The van der Waals surface area contributed by atoms with Gasteiger partial charge in [-0.2, -0.15) is 0 Å². The average molecular weight is 325 g/mol. The highest BCUT2D eigenvalue weighted by Gasteiger charge is 1.95. The molecule has 0 aromatic rings. The van der Waals surface area contributed by atoms with Gasteiger partial charge in [0.1, 0.15) is 0 Å². The number of allylic oxidation sites excluding steroid dienone is 1. The predicted octanol–water partition coefficient (Wildman–Crippen LogP) is 6.98. The lowest BCUT2D eigenvalue weighted by molar-refractivity contribution is -0.141. The second-order valence-corrected chi connectivity index (χ2v) is 6.72. The lowest BCUT2D eigenvalue weighted by Gasteiger charge is -2.04. The van der Waals surface area contributed by atoms with E-state index in [-0.39, 0.29) is 5.97 Å². The molecule has 23 heavy (non-hydrogen) atoms. The number of ether oxygens (including phenoxy) is 1. The van der Waals surface area contributed by atoms with Crippen molar-refractivity contribution in [1.29, 1.82) is 0 Å². The highest BCUT2D eigenvalue weighted by Crippen LogP contribution is 2.13. The Balaban J connectivity index is 2.97. The van der Waals surface area contributed by atoms with Crippen LogP contribution in [0.25, 0.3) is 0 Å². The summed E-state index contributed by atoms with van der Waals surface area (Å²) in [5.41, 5.74) is 0. The highest BCUT2D eigenvalue weighted by molar-refractivity contribution is 5.65. The number of carbonyl (C=O) groups is 1. The first-order chi connectivity index (χ1) is 11.3. The third kappa shape index (κ3) is 21.2. The third-order valence-electron chi connectivity index (χ3n) is 4.36. The van der Waals surface area contributed by atoms with E-state index in [2.05, 4.69) is 6.58 Å². The number of rotatable bonds is 18. The highest BCUT2D eigenvalue weighted by atomic mass is 16.5. The van der Waals surface area contributed by atoms with Crippen molar-refractivity contribution in [3.63, 3.8) is 0 Å². The van der Waals surface area contributed by atoms with Gasteiger partial charge < -0.3 is 4.74 Å². The summed E-state index contributed by atoms with van der Waals surface area (Å²) in [5.74, 6) is -0.155. The van der Waals surface area contributed by atoms with E-state index in [1.807, 2.05) is 6.08 Å². The first kappa shape index (κ1) is 22.2. The fourth-order valence-electron chi connectivity index (χ4n) is 2.90. The summed E-state index contributed by atoms with van der Waals surface area (Å²) in [6.45, 7) is 5.84. The van der Waals surface area contributed by atoms with Gasteiger partial charge in [0.15, 0.2) is 0 Å². The van der Waals surface area contributed by atoms with Crippen LogP contribution in [0, 0.1) is 0 Å². The molecule has 0 aliphatic carbocycles. The lowest BCUT2D eigenvalue weighted by Crippen LogP contribution is -2.00. The molecule has 0 atom stereocenters. The molecule has 0 bridgehead atoms. The topological polar surface area (TPSA) is 26.3 Å². The molecule has 2 nitrogen and oxygen atoms in total. The van der Waals surface area contributed by atoms with Crippen LogP contribution < -0.4 is 0 Å². The Morgan fingerprint density at radius 3 is 1.39 bits per heavy atom. The van der Waals surface area contributed by atoms with Gasteiger partial charge in [-0.25, -0.2) is 0 Å². The van der Waals surface area contributed by atoms with Gasteiger partial charge in [-0.05, 0) is 19.3 Å². The van der Waals surface area contributed by atoms with Gasteiger partial charge in [-0.1, -0.05) is 89.5 Å². The van der Waals surface area contributed by atoms with Gasteiger partial charge in [0.25, 0.3) is 0 Å². The number of esters is 1. The standard InChI is InChI=1S/C21H40O2/c1-3-4-5-6-7-8-9-10-11-12-13-14-15-16-17-18-19-20-23-21(2)22/h3H,1,4-20H2,2H3. The summed E-state index contributed by atoms with van der Waals surface area (Å²) in [5, 5.41) is 0. The van der Waals surface area contributed by atoms with Crippen molar-refractivity contribution in [2.24, 2.45) is 0 Å². The van der Waals surface area contributed by atoms with Crippen LogP contribution in [-0.4, -0.2) is 12.6 Å². The number of hydrogen-bond acceptors (Lipinski definition) is 2. The quantitative estimate of drug-likeness (QED) is 0.154. The molecule has 0 fully saturated rings. The molecule has 0 radical (unpaired) electrons. The largest absolute Gasteiger partial charge is 0.466 e. The minimum atomic E-state index is -0.155. The molecule has 0 heterocycles. The fourth-order valence-corrected chi connectivity index (χ4v) is 2.90. The van der Waals surface area contributed by atoms with Gasteiger partial charge in [-0.3, -0.25) is 4.79 Å². The minimum absolute atomic E-state index is 0.155. The van der Waals surface area contributed by atoms with Crippen LogP contribution in [0.2, 0.25) is 0 Å². The lowest BCUT2D eigenvalue weighted by atomic mass is 10.0. The summed E-state index contributed by atoms with van der Waals surface area (Å²) >= 11 is 0. The molecule has 0 unspecified atom stereocenters. The average Bonchev–Trinajstić information content (AvgIpc) is 2.53. The molecule has 2 heteroatoms. The van der Waals surface area contributed by atoms with Crippen molar-refractivity contribution in [3.8, 4) is 0 Å². The van der Waals surface area contributed by atoms with E-state index in [4.69, 9.17) is 4.74 Å². The Morgan fingerprint density at radius 2 is 1.04 bits per heavy atom. The van der Waals surface area contributed by atoms with Crippen molar-refractivity contribution in [2.75, 3.05) is 6.61 Å². The normalized spacial score (nSPS) is 10.7. The molecule has 0 spiro atoms. The maximum Gasteiger partial charge on any atom is 0.302 e. The molecular formula is C21H40O2. The van der Waals surface area contributed by atoms with Crippen LogP contribution in [0.5, 0.6) is 0 Å². The molecule has 0 rings (SSSR count). The smallest absolute Gasteiger partial charge is 0.302 e. The Kier molecular flexibility index (Phi) is 18.6. The molecule has 136 valence electrons. The summed E-state index contributed by atoms with van der Waals surface area (Å²) in [6, 6.07) is 0. The summed E-state index contributed by atoms with van der Waals surface area (Å²) < 4.78 is 4.92. The van der Waals surface area contributed by atoms with Crippen LogP contribution in [0.15, 0.2) is 12.7 Å². The monoisotopic (exact) mass is 324 g/mol. The first-order valence-corrected chi connectivity index (χ1v) is 10.0. The van der Waals surface area contributed by atoms with Gasteiger partial charge in [0.2, 0.25) is 0 Å². The molecule has 0 aliphatic heterocycles. The number of unbranched alkanes of at least 4 members (excludes halogenated alkanes) is 15. The van der Waals surface area contributed by atoms with Gasteiger partial charge in [0.05, 0.1) is 6.61 Å². The van der Waals surface area contributed by atoms with Gasteiger partial charge in [-0.15, -0.1) is 6.58 Å². The molecule has 0 aromatic heterocycles. The second-order valence-electron chi connectivity index (χ2n) is 6.72. The third-order valence-corrected chi connectivity index (χ3v) is 4.36. The van der Waals surface area contributed by atoms with E-state index in [0.717, 1.165) is 6.42 Å². The molecule has 0 aromatic carbocycles. The van der Waals surface area contributed by atoms with Crippen molar-refractivity contribution >= 4 is 5.97 Å². The molecule has 0 N–H and O–H groups in total. The zero-order valence-electron chi connectivity index (χ0n) is 15.6. The Bertz CT molecular complexity index is 261. The first-order valence-electron chi connectivity index (χ1n) is 10.0. The Morgan fingerprint density at radius 1 is 0.696 bits per heavy atom. The number of hydrogen-bond donors (Lipinski definition) is 0. The van der Waals surface area contributed by atoms with E-state index in [1.54, 1.807) is 0 Å². The van der Waals surface area contributed by atoms with E-state index < -0.39 is 0 Å². The van der Waals surface area contributed by atoms with E-state index in [9.17, 15) is 4.79 Å². The van der Waals surface area contributed by atoms with Crippen molar-refractivity contribution < 1.29 is 9.53 Å². The Labute approximate surface area is 145 Å². The maximum atomic E-state index is 10.6. The zero-order valence-corrected chi connectivity index (χ0v) is 15.6. The van der Waals surface area contributed by atoms with Crippen molar-refractivity contribution in [1.82, 2.24) is 0 Å². The van der Waals surface area contributed by atoms with E-state index >= 15 is 0 Å². The molecule has 0 aliphatic rings. The Hall–Kier alpha value is -0.790. The van der Waals surface area contributed by atoms with Gasteiger partial charge in [0, 0.05) is 6.92 Å². The van der Waals surface area contributed by atoms with Crippen LogP contribution in [0.4, 0.5) is 0 Å². The molecule has 0 amide bonds. The predicted molar refractivity (Wildman–Crippen MR) is 101 cm³/mol. The van der Waals surface area contributed by atoms with E-state index in [1.165, 1.54) is 103 Å². The van der Waals surface area contributed by atoms with Crippen LogP contribution in [0.1, 0.15) is 110 Å². The maximum absolute atomic E-state index is 10.6. The molecule has 0 saturated heterocycles. The van der Waals surface area contributed by atoms with Gasteiger partial charge >= 0.3 is 5.97 Å². The SMILES string of the molecule is C=CCCCCCCCCCCCCCCCCCOC(C)=O. The van der Waals surface area contributed by atoms with Crippen LogP contribution >= 0.6 is 0 Å². The molecule has 0 saturated carbocycles. The van der Waals surface area contributed by atoms with Crippen LogP contribution in [-0.2, 0) is 9.53 Å². The van der Waals surface area contributed by atoms with Crippen molar-refractivity contribution in [2.45, 2.75) is 110 Å².